The zero-order valence-corrected chi connectivity index (χ0v) is 13.2. The highest BCUT2D eigenvalue weighted by atomic mass is 16.5. The van der Waals surface area contributed by atoms with Gasteiger partial charge in [-0.15, -0.1) is 0 Å². The Bertz CT molecular complexity index is 266. The van der Waals surface area contributed by atoms with Gasteiger partial charge in [-0.25, -0.2) is 0 Å². The van der Waals surface area contributed by atoms with Crippen LogP contribution in [0.25, 0.3) is 0 Å². The number of nitrogens with one attached hydrogen (secondary N) is 1. The van der Waals surface area contributed by atoms with Crippen molar-refractivity contribution in [3.05, 3.63) is 0 Å². The van der Waals surface area contributed by atoms with Crippen molar-refractivity contribution in [2.24, 2.45) is 5.41 Å². The summed E-state index contributed by atoms with van der Waals surface area (Å²) in [6, 6.07) is 2.41. The van der Waals surface area contributed by atoms with Crippen LogP contribution in [-0.2, 0) is 4.74 Å². The van der Waals surface area contributed by atoms with E-state index in [9.17, 15) is 0 Å². The van der Waals surface area contributed by atoms with Crippen LogP contribution in [0.5, 0.6) is 0 Å². The third-order valence-corrected chi connectivity index (χ3v) is 4.97. The highest BCUT2D eigenvalue weighted by molar-refractivity contribution is 4.98. The second-order valence-electron chi connectivity index (χ2n) is 7.19. The smallest absolute Gasteiger partial charge is 0.0467 e. The number of hydrogen-bond acceptors (Lipinski definition) is 3. The van der Waals surface area contributed by atoms with Gasteiger partial charge in [0.1, 0.15) is 0 Å². The van der Waals surface area contributed by atoms with Crippen molar-refractivity contribution in [1.29, 1.82) is 0 Å². The molecule has 2 atom stereocenters. The van der Waals surface area contributed by atoms with E-state index in [0.717, 1.165) is 37.7 Å². The normalized spacial score (nSPS) is 31.9. The summed E-state index contributed by atoms with van der Waals surface area (Å²) in [4.78, 5) is 2.81. The largest absolute Gasteiger partial charge is 0.385 e. The summed E-state index contributed by atoms with van der Waals surface area (Å²) >= 11 is 0. The lowest BCUT2D eigenvalue weighted by Gasteiger charge is -2.43. The molecule has 2 fully saturated rings. The first-order chi connectivity index (χ1) is 9.05. The number of fused-ring (bicyclic) bond motifs is 2. The molecule has 3 nitrogen and oxygen atoms in total. The first-order valence-electron chi connectivity index (χ1n) is 8.04. The van der Waals surface area contributed by atoms with E-state index in [1.165, 1.54) is 32.2 Å². The minimum Gasteiger partial charge on any atom is -0.385 e. The molecule has 2 aliphatic heterocycles. The van der Waals surface area contributed by atoms with Gasteiger partial charge >= 0.3 is 0 Å². The highest BCUT2D eigenvalue weighted by Gasteiger charge is 2.42. The second kappa shape index (κ2) is 6.55. The summed E-state index contributed by atoms with van der Waals surface area (Å²) in [6.07, 6.45) is 6.69. The fourth-order valence-corrected chi connectivity index (χ4v) is 3.94. The lowest BCUT2D eigenvalue weighted by atomic mass is 9.86. The Hall–Kier alpha value is -0.120. The van der Waals surface area contributed by atoms with Crippen molar-refractivity contribution in [2.45, 2.75) is 71.0 Å². The molecule has 1 N–H and O–H groups in total. The van der Waals surface area contributed by atoms with Crippen LogP contribution in [0.2, 0.25) is 0 Å². The average Bonchev–Trinajstić information content (AvgIpc) is 2.60. The maximum absolute atomic E-state index is 5.26. The molecular weight excluding hydrogens is 236 g/mol. The van der Waals surface area contributed by atoms with Gasteiger partial charge in [0.2, 0.25) is 0 Å². The Kier molecular flexibility index (Phi) is 5.27. The number of piperidine rings is 1. The van der Waals surface area contributed by atoms with E-state index in [2.05, 4.69) is 31.0 Å². The lowest BCUT2D eigenvalue weighted by Crippen LogP contribution is -2.51. The predicted molar refractivity (Wildman–Crippen MR) is 80.5 cm³/mol. The van der Waals surface area contributed by atoms with Gasteiger partial charge in [-0.3, -0.25) is 4.90 Å². The lowest BCUT2D eigenvalue weighted by molar-refractivity contribution is 0.0571. The number of rotatable bonds is 7. The SMILES string of the molecule is CCNC1CC2CCC(C1)N2CC(C)(C)CCOC. The number of hydrogen-bond donors (Lipinski definition) is 1. The summed E-state index contributed by atoms with van der Waals surface area (Å²) in [5, 5.41) is 3.66. The monoisotopic (exact) mass is 268 g/mol. The Morgan fingerprint density at radius 1 is 1.21 bits per heavy atom. The van der Waals surface area contributed by atoms with Gasteiger partial charge in [0.25, 0.3) is 0 Å². The summed E-state index contributed by atoms with van der Waals surface area (Å²) in [7, 11) is 1.81. The van der Waals surface area contributed by atoms with Crippen molar-refractivity contribution < 1.29 is 4.74 Å². The molecule has 0 saturated carbocycles. The van der Waals surface area contributed by atoms with Crippen LogP contribution in [0.4, 0.5) is 0 Å². The number of nitrogens with zero attached hydrogens (tertiary/aromatic N) is 1. The minimum absolute atomic E-state index is 0.377. The van der Waals surface area contributed by atoms with E-state index >= 15 is 0 Å². The van der Waals surface area contributed by atoms with Gasteiger partial charge in [-0.05, 0) is 44.1 Å². The second-order valence-corrected chi connectivity index (χ2v) is 7.19. The molecule has 0 aromatic carbocycles. The Labute approximate surface area is 119 Å². The predicted octanol–water partition coefficient (Wildman–Crippen LogP) is 2.65. The zero-order chi connectivity index (χ0) is 13.9. The first-order valence-corrected chi connectivity index (χ1v) is 8.04. The zero-order valence-electron chi connectivity index (χ0n) is 13.2. The van der Waals surface area contributed by atoms with Crippen molar-refractivity contribution >= 4 is 0 Å². The van der Waals surface area contributed by atoms with Crippen molar-refractivity contribution in [3.8, 4) is 0 Å². The number of ether oxygens (including phenoxy) is 1. The summed E-state index contributed by atoms with van der Waals surface area (Å²) in [5.41, 5.74) is 0.377. The molecule has 0 spiro atoms. The fraction of sp³-hybridized carbons (Fsp3) is 1.00. The van der Waals surface area contributed by atoms with Crippen molar-refractivity contribution in [2.75, 3.05) is 26.8 Å². The van der Waals surface area contributed by atoms with E-state index in [4.69, 9.17) is 4.74 Å². The van der Waals surface area contributed by atoms with Crippen LogP contribution in [0.1, 0.15) is 52.9 Å². The molecule has 0 aromatic heterocycles. The molecule has 2 rings (SSSR count). The molecule has 2 bridgehead atoms. The topological polar surface area (TPSA) is 24.5 Å². The standard InChI is InChI=1S/C16H32N2O/c1-5-17-13-10-14-6-7-15(11-13)18(14)12-16(2,3)8-9-19-4/h13-15,17H,5-12H2,1-4H3. The summed E-state index contributed by atoms with van der Waals surface area (Å²) in [6.45, 7) is 10.2. The van der Waals surface area contributed by atoms with Crippen LogP contribution in [-0.4, -0.2) is 49.8 Å². The van der Waals surface area contributed by atoms with Gasteiger partial charge in [0.15, 0.2) is 0 Å². The maximum atomic E-state index is 5.26. The molecule has 112 valence electrons. The van der Waals surface area contributed by atoms with Gasteiger partial charge in [0.05, 0.1) is 0 Å². The molecule has 19 heavy (non-hydrogen) atoms. The third kappa shape index (κ3) is 3.93. The van der Waals surface area contributed by atoms with E-state index in [0.29, 0.717) is 5.41 Å². The van der Waals surface area contributed by atoms with Crippen LogP contribution in [0.15, 0.2) is 0 Å². The quantitative estimate of drug-likeness (QED) is 0.768. The highest BCUT2D eigenvalue weighted by Crippen LogP contribution is 2.38. The molecule has 0 aliphatic carbocycles. The van der Waals surface area contributed by atoms with Crippen LogP contribution in [0, 0.1) is 5.41 Å². The Morgan fingerprint density at radius 2 is 1.84 bits per heavy atom. The average molecular weight is 268 g/mol. The van der Waals surface area contributed by atoms with Gasteiger partial charge in [0, 0.05) is 38.4 Å². The summed E-state index contributed by atoms with van der Waals surface area (Å²) in [5.74, 6) is 0. The Balaban J connectivity index is 1.89. The molecule has 0 aromatic rings. The molecular formula is C16H32N2O. The molecule has 0 amide bonds. The van der Waals surface area contributed by atoms with Gasteiger partial charge < -0.3 is 10.1 Å². The maximum Gasteiger partial charge on any atom is 0.0467 e. The van der Waals surface area contributed by atoms with Crippen molar-refractivity contribution in [1.82, 2.24) is 10.2 Å². The van der Waals surface area contributed by atoms with Crippen molar-refractivity contribution in [3.63, 3.8) is 0 Å². The minimum atomic E-state index is 0.377. The molecule has 2 aliphatic rings. The molecule has 2 unspecified atom stereocenters. The number of methoxy groups -OCH3 is 1. The van der Waals surface area contributed by atoms with E-state index < -0.39 is 0 Å². The third-order valence-electron chi connectivity index (χ3n) is 4.97. The van der Waals surface area contributed by atoms with Crippen LogP contribution in [0.3, 0.4) is 0 Å². The molecule has 2 saturated heterocycles. The first kappa shape index (κ1) is 15.3. The molecule has 2 heterocycles. The van der Waals surface area contributed by atoms with Crippen LogP contribution < -0.4 is 5.32 Å². The fourth-order valence-electron chi connectivity index (χ4n) is 3.94. The van der Waals surface area contributed by atoms with Gasteiger partial charge in [-0.2, -0.15) is 0 Å². The Morgan fingerprint density at radius 3 is 2.37 bits per heavy atom. The van der Waals surface area contributed by atoms with E-state index in [1.807, 2.05) is 7.11 Å². The van der Waals surface area contributed by atoms with E-state index in [1.54, 1.807) is 0 Å². The summed E-state index contributed by atoms with van der Waals surface area (Å²) < 4.78 is 5.26. The molecule has 3 heteroatoms. The van der Waals surface area contributed by atoms with Crippen LogP contribution >= 0.6 is 0 Å². The van der Waals surface area contributed by atoms with Gasteiger partial charge in [-0.1, -0.05) is 20.8 Å². The molecule has 0 radical (unpaired) electrons. The van der Waals surface area contributed by atoms with E-state index in [-0.39, 0.29) is 0 Å².